The van der Waals surface area contributed by atoms with Crippen LogP contribution in [0.4, 0.5) is 0 Å². The molecule has 0 atom stereocenters. The van der Waals surface area contributed by atoms with E-state index in [4.69, 9.17) is 4.74 Å². The maximum absolute atomic E-state index is 12.4. The molecule has 7 heteroatoms. The summed E-state index contributed by atoms with van der Waals surface area (Å²) >= 11 is 4.55. The molecule has 1 fully saturated rings. The molecule has 0 bridgehead atoms. The molecule has 1 aromatic heterocycles. The molecule has 0 amide bonds. The van der Waals surface area contributed by atoms with E-state index >= 15 is 0 Å². The molecule has 18 heavy (non-hydrogen) atoms. The van der Waals surface area contributed by atoms with Crippen molar-refractivity contribution in [2.24, 2.45) is 5.92 Å². The number of hydrogen-bond donors (Lipinski definition) is 0. The van der Waals surface area contributed by atoms with E-state index in [0.717, 1.165) is 19.4 Å². The van der Waals surface area contributed by atoms with Gasteiger partial charge >= 0.3 is 0 Å². The van der Waals surface area contributed by atoms with Crippen LogP contribution in [0, 0.1) is 5.92 Å². The van der Waals surface area contributed by atoms with Gasteiger partial charge in [0.25, 0.3) is 10.0 Å². The van der Waals surface area contributed by atoms with Crippen molar-refractivity contribution < 1.29 is 13.2 Å². The van der Waals surface area contributed by atoms with Crippen LogP contribution < -0.4 is 0 Å². The molecular weight excluding hydrogens is 338 g/mol. The summed E-state index contributed by atoms with van der Waals surface area (Å²) < 4.78 is 32.6. The zero-order valence-electron chi connectivity index (χ0n) is 10.1. The van der Waals surface area contributed by atoms with Gasteiger partial charge in [0.05, 0.1) is 0 Å². The van der Waals surface area contributed by atoms with Gasteiger partial charge in [-0.1, -0.05) is 0 Å². The summed E-state index contributed by atoms with van der Waals surface area (Å²) in [6.07, 6.45) is 1.74. The summed E-state index contributed by atoms with van der Waals surface area (Å²) in [6, 6.07) is 1.77. The van der Waals surface area contributed by atoms with Gasteiger partial charge in [0.1, 0.15) is 4.21 Å². The Morgan fingerprint density at radius 3 is 2.67 bits per heavy atom. The maximum Gasteiger partial charge on any atom is 0.253 e. The number of piperidine rings is 1. The second-order valence-corrected chi connectivity index (χ2v) is 8.26. The number of halogens is 1. The number of methoxy groups -OCH3 is 1. The zero-order chi connectivity index (χ0) is 13.2. The van der Waals surface area contributed by atoms with E-state index in [9.17, 15) is 8.42 Å². The Morgan fingerprint density at radius 2 is 2.17 bits per heavy atom. The first-order chi connectivity index (χ1) is 8.55. The number of hydrogen-bond acceptors (Lipinski definition) is 4. The SMILES string of the molecule is COCC1CCN(S(=O)(=O)c2sccc2Br)CC1. The van der Waals surface area contributed by atoms with E-state index in [1.807, 2.05) is 0 Å². The van der Waals surface area contributed by atoms with Gasteiger partial charge in [0.2, 0.25) is 0 Å². The van der Waals surface area contributed by atoms with Crippen molar-refractivity contribution in [1.82, 2.24) is 4.31 Å². The Hall–Kier alpha value is 0.0500. The van der Waals surface area contributed by atoms with Gasteiger partial charge in [0.15, 0.2) is 0 Å². The van der Waals surface area contributed by atoms with Crippen LogP contribution in [0.1, 0.15) is 12.8 Å². The number of nitrogens with zero attached hydrogens (tertiary/aromatic N) is 1. The van der Waals surface area contributed by atoms with Crippen molar-refractivity contribution in [3.8, 4) is 0 Å². The molecule has 4 nitrogen and oxygen atoms in total. The molecule has 0 spiro atoms. The van der Waals surface area contributed by atoms with Crippen LogP contribution in [-0.2, 0) is 14.8 Å². The summed E-state index contributed by atoms with van der Waals surface area (Å²) in [5.74, 6) is 0.480. The fourth-order valence-corrected chi connectivity index (χ4v) is 6.05. The predicted molar refractivity (Wildman–Crippen MR) is 75.4 cm³/mol. The second-order valence-electron chi connectivity index (χ2n) is 4.36. The first-order valence-corrected chi connectivity index (χ1v) is 8.89. The van der Waals surface area contributed by atoms with E-state index < -0.39 is 10.0 Å². The fourth-order valence-electron chi connectivity index (χ4n) is 2.13. The van der Waals surface area contributed by atoms with E-state index in [1.165, 1.54) is 11.3 Å². The minimum atomic E-state index is -3.32. The van der Waals surface area contributed by atoms with Crippen molar-refractivity contribution in [1.29, 1.82) is 0 Å². The van der Waals surface area contributed by atoms with E-state index in [0.29, 0.717) is 27.7 Å². The number of ether oxygens (including phenoxy) is 1. The summed E-state index contributed by atoms with van der Waals surface area (Å²) in [7, 11) is -1.64. The highest BCUT2D eigenvalue weighted by molar-refractivity contribution is 9.10. The van der Waals surface area contributed by atoms with Gasteiger partial charge < -0.3 is 4.74 Å². The summed E-state index contributed by atoms with van der Waals surface area (Å²) in [6.45, 7) is 1.89. The van der Waals surface area contributed by atoms with Crippen LogP contribution in [-0.4, -0.2) is 39.5 Å². The highest BCUT2D eigenvalue weighted by Gasteiger charge is 2.31. The standard InChI is InChI=1S/C11H16BrNO3S2/c1-16-8-9-2-5-13(6-3-9)18(14,15)11-10(12)4-7-17-11/h4,7,9H,2-3,5-6,8H2,1H3. The van der Waals surface area contributed by atoms with Crippen LogP contribution in [0.3, 0.4) is 0 Å². The maximum atomic E-state index is 12.4. The molecule has 0 radical (unpaired) electrons. The molecule has 1 aliphatic heterocycles. The monoisotopic (exact) mass is 353 g/mol. The Bertz CT molecular complexity index is 492. The smallest absolute Gasteiger partial charge is 0.253 e. The Morgan fingerprint density at radius 1 is 1.50 bits per heavy atom. The summed E-state index contributed by atoms with van der Waals surface area (Å²) in [5, 5.41) is 1.79. The van der Waals surface area contributed by atoms with Gasteiger partial charge in [-0.3, -0.25) is 0 Å². The van der Waals surface area contributed by atoms with Crippen molar-refractivity contribution >= 4 is 37.3 Å². The topological polar surface area (TPSA) is 46.6 Å². The van der Waals surface area contributed by atoms with Gasteiger partial charge in [-0.15, -0.1) is 11.3 Å². The van der Waals surface area contributed by atoms with Crippen molar-refractivity contribution in [3.63, 3.8) is 0 Å². The largest absolute Gasteiger partial charge is 0.384 e. The molecule has 1 aromatic rings. The van der Waals surface area contributed by atoms with E-state index in [1.54, 1.807) is 22.9 Å². The lowest BCUT2D eigenvalue weighted by atomic mass is 9.99. The molecule has 0 aliphatic carbocycles. The highest BCUT2D eigenvalue weighted by atomic mass is 79.9. The van der Waals surface area contributed by atoms with Gasteiger partial charge in [-0.2, -0.15) is 4.31 Å². The average molecular weight is 354 g/mol. The Kier molecular flexibility index (Phi) is 4.82. The van der Waals surface area contributed by atoms with Crippen molar-refractivity contribution in [2.75, 3.05) is 26.8 Å². The Labute approximate surface area is 120 Å². The Balaban J connectivity index is 2.08. The van der Waals surface area contributed by atoms with Crippen molar-refractivity contribution in [3.05, 3.63) is 15.9 Å². The normalized spacial score (nSPS) is 19.2. The second kappa shape index (κ2) is 6.00. The van der Waals surface area contributed by atoms with Crippen LogP contribution in [0.5, 0.6) is 0 Å². The molecule has 0 saturated carbocycles. The minimum Gasteiger partial charge on any atom is -0.384 e. The quantitative estimate of drug-likeness (QED) is 0.835. The van der Waals surface area contributed by atoms with E-state index in [2.05, 4.69) is 15.9 Å². The molecule has 1 aliphatic rings. The molecule has 0 aromatic carbocycles. The number of thiophene rings is 1. The predicted octanol–water partition coefficient (Wildman–Crippen LogP) is 2.56. The summed E-state index contributed by atoms with van der Waals surface area (Å²) in [4.78, 5) is 0. The molecule has 0 N–H and O–H groups in total. The lowest BCUT2D eigenvalue weighted by molar-refractivity contribution is 0.121. The molecule has 2 heterocycles. The molecule has 2 rings (SSSR count). The van der Waals surface area contributed by atoms with Gasteiger partial charge in [0, 0.05) is 31.3 Å². The van der Waals surface area contributed by atoms with E-state index in [-0.39, 0.29) is 0 Å². The third kappa shape index (κ3) is 2.96. The third-order valence-corrected chi connectivity index (χ3v) is 7.68. The third-order valence-electron chi connectivity index (χ3n) is 3.13. The first-order valence-electron chi connectivity index (χ1n) is 5.77. The van der Waals surface area contributed by atoms with Crippen LogP contribution >= 0.6 is 27.3 Å². The molecule has 102 valence electrons. The summed E-state index contributed by atoms with van der Waals surface area (Å²) in [5.41, 5.74) is 0. The van der Waals surface area contributed by atoms with Crippen molar-refractivity contribution in [2.45, 2.75) is 17.1 Å². The molecular formula is C11H16BrNO3S2. The van der Waals surface area contributed by atoms with Crippen LogP contribution in [0.2, 0.25) is 0 Å². The van der Waals surface area contributed by atoms with Gasteiger partial charge in [-0.25, -0.2) is 8.42 Å². The number of sulfonamides is 1. The lowest BCUT2D eigenvalue weighted by Crippen LogP contribution is -2.39. The average Bonchev–Trinajstić information content (AvgIpc) is 2.77. The minimum absolute atomic E-state index is 0.410. The molecule has 1 saturated heterocycles. The van der Waals surface area contributed by atoms with Crippen LogP contribution in [0.25, 0.3) is 0 Å². The van der Waals surface area contributed by atoms with Crippen LogP contribution in [0.15, 0.2) is 20.1 Å². The zero-order valence-corrected chi connectivity index (χ0v) is 13.4. The number of rotatable bonds is 4. The molecule has 0 unspecified atom stereocenters. The lowest BCUT2D eigenvalue weighted by Gasteiger charge is -2.30. The fraction of sp³-hybridized carbons (Fsp3) is 0.636. The highest BCUT2D eigenvalue weighted by Crippen LogP contribution is 2.32. The van der Waals surface area contributed by atoms with Gasteiger partial charge in [-0.05, 0) is 46.1 Å². The first kappa shape index (κ1) is 14.5.